The van der Waals surface area contributed by atoms with E-state index in [1.165, 1.54) is 11.1 Å². The lowest BCUT2D eigenvalue weighted by molar-refractivity contribution is -0.674. The summed E-state index contributed by atoms with van der Waals surface area (Å²) >= 11 is 0. The zero-order valence-electron chi connectivity index (χ0n) is 14.8. The zero-order chi connectivity index (χ0) is 17.6. The normalized spacial score (nSPS) is 9.56. The Morgan fingerprint density at radius 2 is 1.00 bits per heavy atom. The standard InChI is InChI=1S/C24H20N/c1-19-4-8-21(9-5-19)12-13-23-15-17-24(25(3)18-23)16-14-22-10-6-20(2)7-11-22/h4-11,15,17-18H,1-3H3/q+1. The Morgan fingerprint density at radius 1 is 0.560 bits per heavy atom. The molecular formula is C24H20N+. The molecule has 0 unspecified atom stereocenters. The minimum atomic E-state index is 0.960. The van der Waals surface area contributed by atoms with Gasteiger partial charge in [0.05, 0.1) is 5.56 Å². The van der Waals surface area contributed by atoms with E-state index in [4.69, 9.17) is 0 Å². The van der Waals surface area contributed by atoms with Crippen molar-refractivity contribution in [2.45, 2.75) is 13.8 Å². The molecule has 1 heteroatoms. The lowest BCUT2D eigenvalue weighted by Crippen LogP contribution is -2.32. The topological polar surface area (TPSA) is 3.88 Å². The summed E-state index contributed by atoms with van der Waals surface area (Å²) in [6.45, 7) is 4.15. The zero-order valence-corrected chi connectivity index (χ0v) is 14.8. The SMILES string of the molecule is Cc1ccc(C#Cc2ccc(C#Cc3ccc(C)cc3)[n+](C)c2)cc1. The van der Waals surface area contributed by atoms with Crippen molar-refractivity contribution < 1.29 is 4.57 Å². The number of hydrogen-bond acceptors (Lipinski definition) is 0. The molecule has 0 aliphatic heterocycles. The van der Waals surface area contributed by atoms with Crippen molar-refractivity contribution in [3.63, 3.8) is 0 Å². The van der Waals surface area contributed by atoms with E-state index in [1.54, 1.807) is 0 Å². The number of hydrogen-bond donors (Lipinski definition) is 0. The van der Waals surface area contributed by atoms with Crippen LogP contribution in [-0.2, 0) is 7.05 Å². The molecule has 0 saturated carbocycles. The molecule has 3 rings (SSSR count). The van der Waals surface area contributed by atoms with Gasteiger partial charge in [-0.2, -0.15) is 4.57 Å². The fourth-order valence-electron chi connectivity index (χ4n) is 2.37. The van der Waals surface area contributed by atoms with Gasteiger partial charge in [-0.05, 0) is 44.2 Å². The van der Waals surface area contributed by atoms with Crippen LogP contribution in [0.4, 0.5) is 0 Å². The molecule has 1 aromatic heterocycles. The number of aryl methyl sites for hydroxylation is 3. The first-order chi connectivity index (χ1) is 12.1. The average Bonchev–Trinajstić information content (AvgIpc) is 2.62. The van der Waals surface area contributed by atoms with Gasteiger partial charge in [0.15, 0.2) is 6.20 Å². The molecule has 1 heterocycles. The number of rotatable bonds is 0. The van der Waals surface area contributed by atoms with E-state index in [0.29, 0.717) is 0 Å². The molecule has 0 aliphatic carbocycles. The van der Waals surface area contributed by atoms with Crippen molar-refractivity contribution in [3.8, 4) is 23.7 Å². The molecule has 25 heavy (non-hydrogen) atoms. The second-order valence-electron chi connectivity index (χ2n) is 6.15. The predicted molar refractivity (Wildman–Crippen MR) is 102 cm³/mol. The lowest BCUT2D eigenvalue weighted by atomic mass is 10.1. The monoisotopic (exact) mass is 322 g/mol. The van der Waals surface area contributed by atoms with Crippen LogP contribution in [0, 0.1) is 37.5 Å². The van der Waals surface area contributed by atoms with E-state index >= 15 is 0 Å². The summed E-state index contributed by atoms with van der Waals surface area (Å²) in [6.07, 6.45) is 2.01. The summed E-state index contributed by atoms with van der Waals surface area (Å²) < 4.78 is 2.01. The minimum Gasteiger partial charge on any atom is -0.193 e. The molecule has 0 spiro atoms. The molecule has 1 nitrogen and oxygen atoms in total. The van der Waals surface area contributed by atoms with Crippen molar-refractivity contribution in [2.75, 3.05) is 0 Å². The molecule has 120 valence electrons. The summed E-state index contributed by atoms with van der Waals surface area (Å²) in [5, 5.41) is 0. The lowest BCUT2D eigenvalue weighted by Gasteiger charge is -1.94. The van der Waals surface area contributed by atoms with Crippen LogP contribution in [0.25, 0.3) is 0 Å². The maximum Gasteiger partial charge on any atom is 0.257 e. The number of pyridine rings is 1. The van der Waals surface area contributed by atoms with Crippen LogP contribution >= 0.6 is 0 Å². The highest BCUT2D eigenvalue weighted by molar-refractivity contribution is 5.44. The summed E-state index contributed by atoms with van der Waals surface area (Å²) in [6, 6.07) is 20.5. The quantitative estimate of drug-likeness (QED) is 0.436. The van der Waals surface area contributed by atoms with Crippen LogP contribution in [0.2, 0.25) is 0 Å². The molecule has 0 bridgehead atoms. The van der Waals surface area contributed by atoms with Gasteiger partial charge in [-0.25, -0.2) is 0 Å². The van der Waals surface area contributed by atoms with E-state index in [9.17, 15) is 0 Å². The summed E-state index contributed by atoms with van der Waals surface area (Å²) in [5.74, 6) is 12.8. The third-order valence-corrected chi connectivity index (χ3v) is 3.92. The molecule has 2 aromatic carbocycles. The van der Waals surface area contributed by atoms with Gasteiger partial charge in [0, 0.05) is 23.1 Å². The highest BCUT2D eigenvalue weighted by Gasteiger charge is 2.03. The van der Waals surface area contributed by atoms with Gasteiger partial charge in [-0.1, -0.05) is 53.2 Å². The van der Waals surface area contributed by atoms with Gasteiger partial charge < -0.3 is 0 Å². The second kappa shape index (κ2) is 7.52. The van der Waals surface area contributed by atoms with Crippen molar-refractivity contribution in [1.29, 1.82) is 0 Å². The molecule has 0 N–H and O–H groups in total. The molecule has 0 fully saturated rings. The largest absolute Gasteiger partial charge is 0.257 e. The maximum atomic E-state index is 3.22. The van der Waals surface area contributed by atoms with Crippen LogP contribution in [0.1, 0.15) is 33.5 Å². The Morgan fingerprint density at radius 3 is 1.52 bits per heavy atom. The number of benzene rings is 2. The summed E-state index contributed by atoms with van der Waals surface area (Å²) in [5.41, 5.74) is 6.47. The first-order valence-corrected chi connectivity index (χ1v) is 8.27. The highest BCUT2D eigenvalue weighted by Crippen LogP contribution is 2.03. The fraction of sp³-hybridized carbons (Fsp3) is 0.125. The van der Waals surface area contributed by atoms with E-state index in [2.05, 4.69) is 61.8 Å². The van der Waals surface area contributed by atoms with Crippen molar-refractivity contribution in [2.24, 2.45) is 7.05 Å². The van der Waals surface area contributed by atoms with Crippen LogP contribution in [-0.4, -0.2) is 0 Å². The molecule has 0 amide bonds. The first-order valence-electron chi connectivity index (χ1n) is 8.27. The van der Waals surface area contributed by atoms with E-state index < -0.39 is 0 Å². The van der Waals surface area contributed by atoms with E-state index in [0.717, 1.165) is 22.4 Å². The van der Waals surface area contributed by atoms with Gasteiger partial charge >= 0.3 is 0 Å². The van der Waals surface area contributed by atoms with Crippen LogP contribution < -0.4 is 4.57 Å². The average molecular weight is 322 g/mol. The fourth-order valence-corrected chi connectivity index (χ4v) is 2.37. The Labute approximate surface area is 150 Å². The number of aromatic nitrogens is 1. The summed E-state index contributed by atoms with van der Waals surface area (Å²) in [4.78, 5) is 0. The van der Waals surface area contributed by atoms with E-state index in [1.807, 2.05) is 54.2 Å². The number of nitrogens with zero attached hydrogens (tertiary/aromatic N) is 1. The van der Waals surface area contributed by atoms with Gasteiger partial charge in [0.1, 0.15) is 7.05 Å². The molecular weight excluding hydrogens is 302 g/mol. The molecule has 0 atom stereocenters. The predicted octanol–water partition coefficient (Wildman–Crippen LogP) is 3.93. The van der Waals surface area contributed by atoms with Crippen LogP contribution in [0.15, 0.2) is 66.9 Å². The first kappa shape index (κ1) is 16.6. The van der Waals surface area contributed by atoms with Gasteiger partial charge in [0.2, 0.25) is 0 Å². The van der Waals surface area contributed by atoms with Crippen LogP contribution in [0.3, 0.4) is 0 Å². The Kier molecular flexibility index (Phi) is 4.98. The van der Waals surface area contributed by atoms with E-state index in [-0.39, 0.29) is 0 Å². The second-order valence-corrected chi connectivity index (χ2v) is 6.15. The van der Waals surface area contributed by atoms with Crippen LogP contribution in [0.5, 0.6) is 0 Å². The maximum absolute atomic E-state index is 3.22. The Bertz CT molecular complexity index is 1000. The molecule has 0 saturated heterocycles. The van der Waals surface area contributed by atoms with Gasteiger partial charge in [0.25, 0.3) is 5.69 Å². The van der Waals surface area contributed by atoms with Gasteiger partial charge in [-0.3, -0.25) is 0 Å². The third kappa shape index (κ3) is 4.60. The van der Waals surface area contributed by atoms with Crippen molar-refractivity contribution in [3.05, 3.63) is 100 Å². The van der Waals surface area contributed by atoms with Gasteiger partial charge in [-0.15, -0.1) is 0 Å². The van der Waals surface area contributed by atoms with Crippen molar-refractivity contribution in [1.82, 2.24) is 0 Å². The molecule has 0 radical (unpaired) electrons. The Balaban J connectivity index is 1.80. The Hall–Kier alpha value is -3.29. The van der Waals surface area contributed by atoms with Crippen molar-refractivity contribution >= 4 is 0 Å². The third-order valence-electron chi connectivity index (χ3n) is 3.92. The smallest absolute Gasteiger partial charge is 0.193 e. The molecule has 0 aliphatic rings. The summed E-state index contributed by atoms with van der Waals surface area (Å²) in [7, 11) is 2.00. The minimum absolute atomic E-state index is 0.960. The highest BCUT2D eigenvalue weighted by atomic mass is 14.9. The molecule has 3 aromatic rings.